The number of pyridine rings is 1. The zero-order valence-corrected chi connectivity index (χ0v) is 25.9. The molecule has 0 saturated heterocycles. The fourth-order valence-corrected chi connectivity index (χ4v) is 8.25. The molecule has 0 atom stereocenters. The lowest BCUT2D eigenvalue weighted by Crippen LogP contribution is -1.97. The minimum absolute atomic E-state index is 1.03. The third-order valence-corrected chi connectivity index (χ3v) is 10.3. The molecule has 48 heavy (non-hydrogen) atoms. The minimum atomic E-state index is 1.03. The predicted molar refractivity (Wildman–Crippen MR) is 200 cm³/mol. The van der Waals surface area contributed by atoms with E-state index in [-0.39, 0.29) is 0 Å². The van der Waals surface area contributed by atoms with Gasteiger partial charge in [0.1, 0.15) is 0 Å². The highest BCUT2D eigenvalue weighted by Gasteiger charge is 2.24. The highest BCUT2D eigenvalue weighted by atomic mass is 15.0. The van der Waals surface area contributed by atoms with E-state index in [2.05, 4.69) is 167 Å². The molecule has 3 heteroatoms. The van der Waals surface area contributed by atoms with Crippen molar-refractivity contribution in [2.45, 2.75) is 0 Å². The Balaban J connectivity index is 1.14. The smallest absolute Gasteiger partial charge is 0.0954 e. The van der Waals surface area contributed by atoms with Crippen molar-refractivity contribution in [3.05, 3.63) is 164 Å². The van der Waals surface area contributed by atoms with Crippen LogP contribution in [0.15, 0.2) is 164 Å². The Kier molecular flexibility index (Phi) is 5.11. The van der Waals surface area contributed by atoms with Gasteiger partial charge in [-0.05, 0) is 88.0 Å². The lowest BCUT2D eigenvalue weighted by atomic mass is 10.0. The summed E-state index contributed by atoms with van der Waals surface area (Å²) < 4.78 is 4.79. The van der Waals surface area contributed by atoms with Gasteiger partial charge in [-0.25, -0.2) is 0 Å². The van der Waals surface area contributed by atoms with Gasteiger partial charge in [-0.1, -0.05) is 103 Å². The molecule has 0 amide bonds. The van der Waals surface area contributed by atoms with E-state index in [0.717, 1.165) is 11.2 Å². The maximum Gasteiger partial charge on any atom is 0.0954 e. The van der Waals surface area contributed by atoms with Crippen LogP contribution in [-0.2, 0) is 0 Å². The average Bonchev–Trinajstić information content (AvgIpc) is 3.78. The lowest BCUT2D eigenvalue weighted by Gasteiger charge is -2.13. The molecule has 1 aliphatic rings. The van der Waals surface area contributed by atoms with Gasteiger partial charge in [0.05, 0.1) is 33.3 Å². The fraction of sp³-hybridized carbons (Fsp3) is 0. The van der Waals surface area contributed by atoms with Gasteiger partial charge in [-0.15, -0.1) is 0 Å². The van der Waals surface area contributed by atoms with Gasteiger partial charge in [0.15, 0.2) is 0 Å². The average molecular weight is 610 g/mol. The molecular formula is C45H27N3. The molecule has 0 saturated carbocycles. The first kappa shape index (κ1) is 25.7. The van der Waals surface area contributed by atoms with Gasteiger partial charge in [-0.3, -0.25) is 4.98 Å². The molecular weight excluding hydrogens is 583 g/mol. The Bertz CT molecular complexity index is 2910. The summed E-state index contributed by atoms with van der Waals surface area (Å²) in [6.07, 6.45) is 1.96. The van der Waals surface area contributed by atoms with Crippen LogP contribution in [0.1, 0.15) is 0 Å². The van der Waals surface area contributed by atoms with Crippen molar-refractivity contribution in [1.82, 2.24) is 14.1 Å². The summed E-state index contributed by atoms with van der Waals surface area (Å²) in [5.74, 6) is 0. The molecule has 11 rings (SSSR count). The summed E-state index contributed by atoms with van der Waals surface area (Å²) in [4.78, 5) is 5.02. The van der Waals surface area contributed by atoms with E-state index in [4.69, 9.17) is 4.98 Å². The Labute approximate surface area is 276 Å². The van der Waals surface area contributed by atoms with Crippen LogP contribution < -0.4 is 0 Å². The van der Waals surface area contributed by atoms with Crippen molar-refractivity contribution in [2.24, 2.45) is 0 Å². The molecule has 1 aliphatic carbocycles. The van der Waals surface area contributed by atoms with Crippen LogP contribution in [0.3, 0.4) is 0 Å². The number of nitrogens with zero attached hydrogens (tertiary/aromatic N) is 3. The van der Waals surface area contributed by atoms with E-state index in [1.54, 1.807) is 0 Å². The van der Waals surface area contributed by atoms with E-state index >= 15 is 0 Å². The van der Waals surface area contributed by atoms with E-state index in [1.165, 1.54) is 88.1 Å². The van der Waals surface area contributed by atoms with Gasteiger partial charge in [-0.2, -0.15) is 0 Å². The molecule has 3 aromatic heterocycles. The van der Waals surface area contributed by atoms with Crippen LogP contribution in [0.5, 0.6) is 0 Å². The van der Waals surface area contributed by atoms with Crippen molar-refractivity contribution in [3.63, 3.8) is 0 Å². The van der Waals surface area contributed by atoms with Gasteiger partial charge in [0, 0.05) is 38.8 Å². The molecule has 0 aliphatic heterocycles. The normalized spacial score (nSPS) is 12.2. The summed E-state index contributed by atoms with van der Waals surface area (Å²) in [5, 5.41) is 6.24. The molecule has 0 bridgehead atoms. The van der Waals surface area contributed by atoms with Crippen LogP contribution in [0.4, 0.5) is 0 Å². The number of para-hydroxylation sites is 3. The number of hydrogen-bond acceptors (Lipinski definition) is 1. The van der Waals surface area contributed by atoms with Crippen LogP contribution in [0.2, 0.25) is 0 Å². The van der Waals surface area contributed by atoms with Crippen molar-refractivity contribution in [2.75, 3.05) is 0 Å². The zero-order valence-electron chi connectivity index (χ0n) is 25.9. The van der Waals surface area contributed by atoms with E-state index in [1.807, 2.05) is 6.20 Å². The molecule has 3 heterocycles. The Morgan fingerprint density at radius 3 is 1.79 bits per heavy atom. The van der Waals surface area contributed by atoms with Crippen molar-refractivity contribution < 1.29 is 0 Å². The second-order valence-electron chi connectivity index (χ2n) is 12.8. The highest BCUT2D eigenvalue weighted by Crippen LogP contribution is 2.48. The SMILES string of the molecule is c1ccc(-n2c3ccccc3c3ccc(-c4ccc5c(c4)c4ccccc4n5-c4ccc5c6c(ccnc46)-c4ccccc4-5)cc32)cc1. The first-order valence-electron chi connectivity index (χ1n) is 16.5. The topological polar surface area (TPSA) is 22.8 Å². The zero-order chi connectivity index (χ0) is 31.3. The molecule has 0 unspecified atom stereocenters. The summed E-state index contributed by atoms with van der Waals surface area (Å²) in [6.45, 7) is 0. The maximum absolute atomic E-state index is 5.02. The number of hydrogen-bond donors (Lipinski definition) is 0. The molecule has 222 valence electrons. The molecule has 3 nitrogen and oxygen atoms in total. The van der Waals surface area contributed by atoms with Crippen LogP contribution >= 0.6 is 0 Å². The quantitative estimate of drug-likeness (QED) is 0.195. The predicted octanol–water partition coefficient (Wildman–Crippen LogP) is 11.7. The van der Waals surface area contributed by atoms with Crippen LogP contribution in [-0.4, -0.2) is 14.1 Å². The first-order chi connectivity index (χ1) is 23.8. The van der Waals surface area contributed by atoms with Crippen molar-refractivity contribution in [1.29, 1.82) is 0 Å². The molecule has 0 radical (unpaired) electrons. The summed E-state index contributed by atoms with van der Waals surface area (Å²) >= 11 is 0. The summed E-state index contributed by atoms with van der Waals surface area (Å²) in [5.41, 5.74) is 15.6. The van der Waals surface area contributed by atoms with Gasteiger partial charge in [0.2, 0.25) is 0 Å². The van der Waals surface area contributed by atoms with Crippen molar-refractivity contribution >= 4 is 54.5 Å². The molecule has 10 aromatic rings. The highest BCUT2D eigenvalue weighted by molar-refractivity contribution is 6.18. The van der Waals surface area contributed by atoms with Gasteiger partial charge >= 0.3 is 0 Å². The van der Waals surface area contributed by atoms with Gasteiger partial charge < -0.3 is 9.13 Å². The number of benzene rings is 7. The standard InChI is InChI=1S/C45H27N3/c1-2-10-30(11-3-1)47-39-16-8-6-14-33(39)35-20-18-29(27-43(35)47)28-19-22-41-38(26-28)34-15-7-9-17-40(34)48(41)42-23-21-36-31-12-4-5-13-32(31)37-24-25-46-45(42)44(36)37/h1-27H. The van der Waals surface area contributed by atoms with Gasteiger partial charge in [0.25, 0.3) is 0 Å². The Morgan fingerprint density at radius 2 is 0.979 bits per heavy atom. The van der Waals surface area contributed by atoms with E-state index < -0.39 is 0 Å². The fourth-order valence-electron chi connectivity index (χ4n) is 8.25. The Hall–Kier alpha value is -6.45. The Morgan fingerprint density at radius 1 is 0.375 bits per heavy atom. The molecule has 0 spiro atoms. The van der Waals surface area contributed by atoms with E-state index in [0.29, 0.717) is 0 Å². The monoisotopic (exact) mass is 609 g/mol. The molecule has 7 aromatic carbocycles. The largest absolute Gasteiger partial charge is 0.309 e. The third kappa shape index (κ3) is 3.40. The third-order valence-electron chi connectivity index (χ3n) is 10.3. The number of aromatic nitrogens is 3. The summed E-state index contributed by atoms with van der Waals surface area (Å²) in [6, 6.07) is 57.4. The maximum atomic E-state index is 5.02. The second-order valence-corrected chi connectivity index (χ2v) is 12.8. The number of fused-ring (bicyclic) bond motifs is 9. The molecule has 0 N–H and O–H groups in total. The van der Waals surface area contributed by atoms with Crippen LogP contribution in [0, 0.1) is 0 Å². The summed E-state index contributed by atoms with van der Waals surface area (Å²) in [7, 11) is 0. The molecule has 0 fully saturated rings. The minimum Gasteiger partial charge on any atom is -0.309 e. The van der Waals surface area contributed by atoms with Crippen LogP contribution in [0.25, 0.3) is 99.3 Å². The van der Waals surface area contributed by atoms with Crippen molar-refractivity contribution in [3.8, 4) is 44.8 Å². The second kappa shape index (κ2) is 9.54. The van der Waals surface area contributed by atoms with E-state index in [9.17, 15) is 0 Å². The number of rotatable bonds is 3. The first-order valence-corrected chi connectivity index (χ1v) is 16.5. The lowest BCUT2D eigenvalue weighted by molar-refractivity contribution is 1.18.